The average Bonchev–Trinajstić information content (AvgIpc) is 3.36. The molecular formula is C21H29N5OS. The van der Waals surface area contributed by atoms with E-state index >= 15 is 0 Å². The van der Waals surface area contributed by atoms with Gasteiger partial charge in [0.05, 0.1) is 4.70 Å². The number of benzene rings is 1. The zero-order chi connectivity index (χ0) is 19.3. The molecule has 1 aromatic carbocycles. The van der Waals surface area contributed by atoms with Crippen LogP contribution in [0.5, 0.6) is 0 Å². The van der Waals surface area contributed by atoms with Gasteiger partial charge in [-0.1, -0.05) is 0 Å². The van der Waals surface area contributed by atoms with E-state index in [1.807, 2.05) is 0 Å². The number of piperidine rings is 3. The zero-order valence-electron chi connectivity index (χ0n) is 16.7. The van der Waals surface area contributed by atoms with Crippen molar-refractivity contribution in [3.8, 4) is 0 Å². The van der Waals surface area contributed by atoms with Crippen LogP contribution in [0.1, 0.15) is 29.8 Å². The molecule has 2 aromatic rings. The topological polar surface area (TPSA) is 51.7 Å². The van der Waals surface area contributed by atoms with Gasteiger partial charge in [0.1, 0.15) is 5.69 Å². The molecule has 4 aliphatic heterocycles. The number of aromatic nitrogens is 1. The third-order valence-electron chi connectivity index (χ3n) is 6.90. The molecule has 0 unspecified atom stereocenters. The van der Waals surface area contributed by atoms with Gasteiger partial charge in [-0.3, -0.25) is 4.79 Å². The van der Waals surface area contributed by atoms with E-state index in [9.17, 15) is 4.79 Å². The number of nitrogens with zero attached hydrogens (tertiary/aromatic N) is 4. The van der Waals surface area contributed by atoms with Crippen molar-refractivity contribution in [1.29, 1.82) is 0 Å². The van der Waals surface area contributed by atoms with Gasteiger partial charge in [0.2, 0.25) is 0 Å². The second-order valence-electron chi connectivity index (χ2n) is 8.78. The molecule has 4 saturated heterocycles. The summed E-state index contributed by atoms with van der Waals surface area (Å²) in [5.41, 5.74) is 1.83. The maximum atomic E-state index is 12.9. The van der Waals surface area contributed by atoms with Gasteiger partial charge < -0.3 is 20.0 Å². The van der Waals surface area contributed by atoms with Crippen LogP contribution in [0.15, 0.2) is 18.2 Å². The SMILES string of the molecule is CN(C)[C@H]1CCN(c2ccc3c(C(=O)N[C@H]4CN5CCC4CC5)nsc3c2)C1. The molecule has 0 radical (unpaired) electrons. The molecule has 4 aliphatic rings. The van der Waals surface area contributed by atoms with Crippen LogP contribution in [-0.2, 0) is 0 Å². The lowest BCUT2D eigenvalue weighted by Crippen LogP contribution is -2.57. The molecule has 7 heteroatoms. The van der Waals surface area contributed by atoms with Gasteiger partial charge in [-0.15, -0.1) is 0 Å². The molecule has 2 atom stereocenters. The standard InChI is InChI=1S/C21H29N5OS/c1-24(2)16-7-10-26(12-16)15-3-4-17-19(11-15)28-23-20(17)21(27)22-18-13-25-8-5-14(18)6-9-25/h3-4,11,14,16,18H,5-10,12-13H2,1-2H3,(H,22,27)/t16-,18-/m0/s1. The van der Waals surface area contributed by atoms with Crippen molar-refractivity contribution >= 4 is 33.2 Å². The van der Waals surface area contributed by atoms with Gasteiger partial charge in [-0.2, -0.15) is 4.37 Å². The number of carbonyl (C=O) groups excluding carboxylic acids is 1. The van der Waals surface area contributed by atoms with Crippen LogP contribution in [-0.4, -0.2) is 79.0 Å². The largest absolute Gasteiger partial charge is 0.370 e. The highest BCUT2D eigenvalue weighted by atomic mass is 32.1. The Morgan fingerprint density at radius 1 is 1.18 bits per heavy atom. The third kappa shape index (κ3) is 3.29. The van der Waals surface area contributed by atoms with Crippen LogP contribution < -0.4 is 10.2 Å². The predicted octanol–water partition coefficient (Wildman–Crippen LogP) is 2.26. The summed E-state index contributed by atoms with van der Waals surface area (Å²) in [6.07, 6.45) is 3.60. The monoisotopic (exact) mass is 399 g/mol. The smallest absolute Gasteiger partial charge is 0.271 e. The number of hydrogen-bond donors (Lipinski definition) is 1. The van der Waals surface area contributed by atoms with Gasteiger partial charge in [-0.05, 0) is 82.1 Å². The summed E-state index contributed by atoms with van der Waals surface area (Å²) in [4.78, 5) is 20.1. The van der Waals surface area contributed by atoms with Crippen LogP contribution in [0.2, 0.25) is 0 Å². The molecule has 4 fully saturated rings. The summed E-state index contributed by atoms with van der Waals surface area (Å²) in [7, 11) is 4.31. The number of likely N-dealkylation sites (N-methyl/N-ethyl adjacent to an activating group) is 1. The Hall–Kier alpha value is -1.70. The van der Waals surface area contributed by atoms with E-state index < -0.39 is 0 Å². The minimum Gasteiger partial charge on any atom is -0.370 e. The highest BCUT2D eigenvalue weighted by Gasteiger charge is 2.35. The Bertz CT molecular complexity index is 873. The molecule has 1 amide bonds. The molecule has 1 N–H and O–H groups in total. The molecule has 0 aliphatic carbocycles. The first kappa shape index (κ1) is 18.3. The lowest BCUT2D eigenvalue weighted by Gasteiger charge is -2.44. The van der Waals surface area contributed by atoms with Gasteiger partial charge >= 0.3 is 0 Å². The fourth-order valence-corrected chi connectivity index (χ4v) is 5.86. The first-order valence-electron chi connectivity index (χ1n) is 10.4. The third-order valence-corrected chi connectivity index (χ3v) is 7.71. The Morgan fingerprint density at radius 2 is 2.00 bits per heavy atom. The number of amides is 1. The van der Waals surface area contributed by atoms with Crippen LogP contribution in [0.3, 0.4) is 0 Å². The predicted molar refractivity (Wildman–Crippen MR) is 114 cm³/mol. The van der Waals surface area contributed by atoms with E-state index in [0.717, 1.165) is 29.7 Å². The molecule has 2 bridgehead atoms. The number of nitrogens with one attached hydrogen (secondary N) is 1. The Balaban J connectivity index is 1.32. The quantitative estimate of drug-likeness (QED) is 0.855. The molecule has 5 heterocycles. The first-order chi connectivity index (χ1) is 13.6. The highest BCUT2D eigenvalue weighted by molar-refractivity contribution is 7.13. The summed E-state index contributed by atoms with van der Waals surface area (Å²) < 4.78 is 5.62. The number of fused-ring (bicyclic) bond motifs is 4. The van der Waals surface area contributed by atoms with Crippen LogP contribution in [0, 0.1) is 5.92 Å². The minimum atomic E-state index is -0.00778. The summed E-state index contributed by atoms with van der Waals surface area (Å²) in [5, 5.41) is 4.26. The Labute approximate surface area is 170 Å². The van der Waals surface area contributed by atoms with Crippen molar-refractivity contribution in [2.24, 2.45) is 5.92 Å². The van der Waals surface area contributed by atoms with Gasteiger partial charge in [0.15, 0.2) is 0 Å². The first-order valence-corrected chi connectivity index (χ1v) is 11.2. The summed E-state index contributed by atoms with van der Waals surface area (Å²) in [6.45, 7) is 5.50. The second kappa shape index (κ2) is 7.28. The van der Waals surface area contributed by atoms with Crippen LogP contribution >= 0.6 is 11.5 Å². The van der Waals surface area contributed by atoms with E-state index in [-0.39, 0.29) is 11.9 Å². The normalized spacial score (nSPS) is 29.8. The van der Waals surface area contributed by atoms with Crippen LogP contribution in [0.25, 0.3) is 10.1 Å². The number of hydrogen-bond acceptors (Lipinski definition) is 6. The van der Waals surface area contributed by atoms with E-state index in [2.05, 4.69) is 56.7 Å². The van der Waals surface area contributed by atoms with E-state index in [0.29, 0.717) is 17.7 Å². The molecule has 0 spiro atoms. The number of carbonyl (C=O) groups is 1. The molecule has 1 aromatic heterocycles. The van der Waals surface area contributed by atoms with Crippen molar-refractivity contribution in [3.05, 3.63) is 23.9 Å². The molecular weight excluding hydrogens is 370 g/mol. The van der Waals surface area contributed by atoms with Crippen LogP contribution in [0.4, 0.5) is 5.69 Å². The fourth-order valence-electron chi connectivity index (χ4n) is 5.05. The lowest BCUT2D eigenvalue weighted by atomic mass is 9.84. The maximum absolute atomic E-state index is 12.9. The second-order valence-corrected chi connectivity index (χ2v) is 9.59. The van der Waals surface area contributed by atoms with E-state index in [4.69, 9.17) is 0 Å². The number of anilines is 1. The number of rotatable bonds is 4. The maximum Gasteiger partial charge on any atom is 0.271 e. The molecule has 28 heavy (non-hydrogen) atoms. The molecule has 150 valence electrons. The summed E-state index contributed by atoms with van der Waals surface area (Å²) >= 11 is 1.44. The highest BCUT2D eigenvalue weighted by Crippen LogP contribution is 2.31. The minimum absolute atomic E-state index is 0.00778. The van der Waals surface area contributed by atoms with Gasteiger partial charge in [0.25, 0.3) is 5.91 Å². The molecule has 6 rings (SSSR count). The van der Waals surface area contributed by atoms with Crippen molar-refractivity contribution in [2.45, 2.75) is 31.3 Å². The molecule has 6 nitrogen and oxygen atoms in total. The summed E-state index contributed by atoms with van der Waals surface area (Å²) in [5.74, 6) is 0.622. The molecule has 0 saturated carbocycles. The van der Waals surface area contributed by atoms with Crippen molar-refractivity contribution < 1.29 is 4.79 Å². The van der Waals surface area contributed by atoms with E-state index in [1.165, 1.54) is 49.6 Å². The van der Waals surface area contributed by atoms with E-state index in [1.54, 1.807) is 0 Å². The van der Waals surface area contributed by atoms with Crippen molar-refractivity contribution in [1.82, 2.24) is 19.5 Å². The van der Waals surface area contributed by atoms with Crippen molar-refractivity contribution in [2.75, 3.05) is 51.7 Å². The Kier molecular flexibility index (Phi) is 4.77. The summed E-state index contributed by atoms with van der Waals surface area (Å²) in [6, 6.07) is 7.33. The average molecular weight is 400 g/mol. The Morgan fingerprint density at radius 3 is 2.68 bits per heavy atom. The van der Waals surface area contributed by atoms with Gasteiger partial charge in [-0.25, -0.2) is 0 Å². The lowest BCUT2D eigenvalue weighted by molar-refractivity contribution is 0.0619. The zero-order valence-corrected chi connectivity index (χ0v) is 17.5. The van der Waals surface area contributed by atoms with Gasteiger partial charge in [0, 0.05) is 42.8 Å². The van der Waals surface area contributed by atoms with Crippen molar-refractivity contribution in [3.63, 3.8) is 0 Å². The fraction of sp³-hybridized carbons (Fsp3) is 0.619.